The van der Waals surface area contributed by atoms with Crippen molar-refractivity contribution in [3.05, 3.63) is 65.6 Å². The monoisotopic (exact) mass is 625 g/mol. The first-order valence-corrected chi connectivity index (χ1v) is 16.0. The minimum atomic E-state index is -4.16. The first kappa shape index (κ1) is 30.8. The van der Waals surface area contributed by atoms with Crippen molar-refractivity contribution in [1.29, 1.82) is 0 Å². The van der Waals surface area contributed by atoms with Crippen LogP contribution in [0.3, 0.4) is 0 Å². The highest BCUT2D eigenvalue weighted by Gasteiger charge is 2.36. The Morgan fingerprint density at radius 1 is 1.20 bits per heavy atom. The molecule has 0 saturated carbocycles. The van der Waals surface area contributed by atoms with Gasteiger partial charge in [-0.05, 0) is 43.3 Å². The molecule has 0 aliphatic carbocycles. The molecule has 0 saturated heterocycles. The van der Waals surface area contributed by atoms with Gasteiger partial charge in [0.15, 0.2) is 10.8 Å². The molecule has 0 radical (unpaired) electrons. The molecule has 1 aromatic heterocycles. The second kappa shape index (κ2) is 12.0. The summed E-state index contributed by atoms with van der Waals surface area (Å²) in [4.78, 5) is 19.1. The van der Waals surface area contributed by atoms with Crippen LogP contribution in [0.1, 0.15) is 24.2 Å². The first-order valence-electron chi connectivity index (χ1n) is 12.7. The number of halogens is 1. The fraction of sp³-hybridized carbons (Fsp3) is 0.385. The fourth-order valence-corrected chi connectivity index (χ4v) is 6.76. The zero-order valence-corrected chi connectivity index (χ0v) is 25.3. The van der Waals surface area contributed by atoms with Crippen molar-refractivity contribution in [2.45, 2.75) is 35.9 Å². The normalized spacial score (nSPS) is 18.8. The average molecular weight is 626 g/mol. The first-order chi connectivity index (χ1) is 19.2. The molecule has 0 fully saturated rings. The van der Waals surface area contributed by atoms with Crippen LogP contribution >= 0.6 is 11.6 Å². The molecule has 2 aromatic carbocycles. The number of sulfonamides is 2. The quantitative estimate of drug-likeness (QED) is 0.368. The molecule has 4 rings (SSSR count). The number of aryl methyl sites for hydroxylation is 1. The van der Waals surface area contributed by atoms with Crippen LogP contribution in [0, 0.1) is 5.92 Å². The standard InChI is InChI=1S/C26H32ClN5O7S2/c1-17-12-32(18(2)15-33)26(34)21-6-5-7-22(29-40(35,36)24-14-30(3)16-28-24)25(21)39-23(17)13-31(4)41(37,38)20-10-8-19(27)9-11-20/h5-11,14,16-18,23,29,33H,12-13,15H2,1-4H3/t17-,18+,23-/m0/s1. The van der Waals surface area contributed by atoms with Crippen molar-refractivity contribution in [1.82, 2.24) is 18.8 Å². The maximum Gasteiger partial charge on any atom is 0.281 e. The third kappa shape index (κ3) is 6.51. The van der Waals surface area contributed by atoms with Gasteiger partial charge in [-0.1, -0.05) is 24.6 Å². The van der Waals surface area contributed by atoms with Crippen LogP contribution in [0.2, 0.25) is 5.02 Å². The lowest BCUT2D eigenvalue weighted by atomic mass is 9.99. The number of aliphatic hydroxyl groups is 1. The number of aliphatic hydroxyl groups excluding tert-OH is 1. The van der Waals surface area contributed by atoms with Crippen LogP contribution in [-0.2, 0) is 27.1 Å². The Morgan fingerprint density at radius 2 is 1.88 bits per heavy atom. The molecule has 1 aliphatic heterocycles. The molecule has 12 nitrogen and oxygen atoms in total. The lowest BCUT2D eigenvalue weighted by Crippen LogP contribution is -2.50. The van der Waals surface area contributed by atoms with E-state index in [-0.39, 0.29) is 46.6 Å². The van der Waals surface area contributed by atoms with Gasteiger partial charge in [-0.2, -0.15) is 12.7 Å². The van der Waals surface area contributed by atoms with E-state index in [0.29, 0.717) is 5.02 Å². The van der Waals surface area contributed by atoms with Gasteiger partial charge < -0.3 is 19.3 Å². The second-order valence-corrected chi connectivity index (χ2v) is 14.1. The largest absolute Gasteiger partial charge is 0.486 e. The number of rotatable bonds is 9. The topological polar surface area (TPSA) is 151 Å². The number of carbonyl (C=O) groups is 1. The highest BCUT2D eigenvalue weighted by atomic mass is 35.5. The Hall–Kier alpha value is -3.17. The van der Waals surface area contributed by atoms with Gasteiger partial charge in [0.1, 0.15) is 6.10 Å². The average Bonchev–Trinajstić information content (AvgIpc) is 3.38. The summed E-state index contributed by atoms with van der Waals surface area (Å²) < 4.78 is 64.3. The van der Waals surface area contributed by atoms with Gasteiger partial charge in [0.25, 0.3) is 15.9 Å². The van der Waals surface area contributed by atoms with Gasteiger partial charge in [-0.25, -0.2) is 13.4 Å². The van der Waals surface area contributed by atoms with E-state index in [2.05, 4.69) is 9.71 Å². The van der Waals surface area contributed by atoms with Gasteiger partial charge in [0.2, 0.25) is 10.0 Å². The van der Waals surface area contributed by atoms with Gasteiger partial charge >= 0.3 is 0 Å². The molecule has 2 heterocycles. The summed E-state index contributed by atoms with van der Waals surface area (Å²) in [5.74, 6) is -0.946. The van der Waals surface area contributed by atoms with Crippen LogP contribution in [-0.4, -0.2) is 85.5 Å². The van der Waals surface area contributed by atoms with Crippen LogP contribution in [0.5, 0.6) is 5.75 Å². The number of hydrogen-bond donors (Lipinski definition) is 2. The van der Waals surface area contributed by atoms with E-state index in [4.69, 9.17) is 16.3 Å². The van der Waals surface area contributed by atoms with E-state index in [0.717, 1.165) is 4.31 Å². The number of amides is 1. The molecule has 3 atom stereocenters. The summed E-state index contributed by atoms with van der Waals surface area (Å²) in [7, 11) is -5.06. The Morgan fingerprint density at radius 3 is 2.49 bits per heavy atom. The van der Waals surface area contributed by atoms with Gasteiger partial charge in [0, 0.05) is 37.8 Å². The summed E-state index contributed by atoms with van der Waals surface area (Å²) in [5, 5.41) is 10.0. The molecule has 41 heavy (non-hydrogen) atoms. The van der Waals surface area contributed by atoms with Crippen molar-refractivity contribution in [3.8, 4) is 5.75 Å². The number of para-hydroxylation sites is 1. The fourth-order valence-electron chi connectivity index (χ4n) is 4.40. The minimum absolute atomic E-state index is 0.0135. The van der Waals surface area contributed by atoms with Gasteiger partial charge in [0.05, 0.1) is 41.7 Å². The van der Waals surface area contributed by atoms with Crippen LogP contribution in [0.25, 0.3) is 0 Å². The van der Waals surface area contributed by atoms with Crippen molar-refractivity contribution in [2.75, 3.05) is 31.5 Å². The third-order valence-electron chi connectivity index (χ3n) is 6.85. The van der Waals surface area contributed by atoms with E-state index in [1.54, 1.807) is 20.9 Å². The molecule has 0 unspecified atom stereocenters. The number of likely N-dealkylation sites (N-methyl/N-ethyl adjacent to an activating group) is 1. The lowest BCUT2D eigenvalue weighted by molar-refractivity contribution is 0.0389. The van der Waals surface area contributed by atoms with Crippen molar-refractivity contribution >= 4 is 43.2 Å². The predicted molar refractivity (Wildman–Crippen MR) is 153 cm³/mol. The molecule has 2 N–H and O–H groups in total. The molecule has 15 heteroatoms. The molecular weight excluding hydrogens is 594 g/mol. The number of hydrogen-bond acceptors (Lipinski definition) is 8. The zero-order valence-electron chi connectivity index (χ0n) is 22.9. The number of fused-ring (bicyclic) bond motifs is 1. The number of nitrogens with zero attached hydrogens (tertiary/aromatic N) is 4. The Balaban J connectivity index is 1.76. The molecule has 0 spiro atoms. The maximum absolute atomic E-state index is 13.7. The predicted octanol–water partition coefficient (Wildman–Crippen LogP) is 2.42. The minimum Gasteiger partial charge on any atom is -0.486 e. The van der Waals surface area contributed by atoms with Crippen molar-refractivity contribution in [2.24, 2.45) is 13.0 Å². The van der Waals surface area contributed by atoms with Crippen molar-refractivity contribution < 1.29 is 31.5 Å². The molecule has 1 aliphatic rings. The number of carbonyl (C=O) groups excluding carboxylic acids is 1. The Kier molecular flexibility index (Phi) is 8.99. The third-order valence-corrected chi connectivity index (χ3v) is 10.2. The number of benzene rings is 2. The highest BCUT2D eigenvalue weighted by molar-refractivity contribution is 7.92. The summed E-state index contributed by atoms with van der Waals surface area (Å²) in [5.41, 5.74) is 0.0482. The SMILES string of the molecule is C[C@H](CO)N1C[C@H](C)[C@H](CN(C)S(=O)(=O)c2ccc(Cl)cc2)Oc2c(NS(=O)(=O)c3cn(C)cn3)cccc2C1=O. The second-order valence-electron chi connectivity index (χ2n) is 10.0. The molecule has 222 valence electrons. The summed E-state index contributed by atoms with van der Waals surface area (Å²) in [6.07, 6.45) is 1.85. The molecule has 1 amide bonds. The van der Waals surface area contributed by atoms with E-state index in [1.165, 1.54) is 71.5 Å². The zero-order chi connectivity index (χ0) is 30.1. The maximum atomic E-state index is 13.7. The smallest absolute Gasteiger partial charge is 0.281 e. The number of imidazole rings is 1. The number of aromatic nitrogens is 2. The van der Waals surface area contributed by atoms with Gasteiger partial charge in [-0.15, -0.1) is 0 Å². The van der Waals surface area contributed by atoms with E-state index in [9.17, 15) is 26.7 Å². The summed E-state index contributed by atoms with van der Waals surface area (Å²) in [6, 6.07) is 9.65. The van der Waals surface area contributed by atoms with Gasteiger partial charge in [-0.3, -0.25) is 9.52 Å². The molecule has 3 aromatic rings. The molecule has 0 bridgehead atoms. The summed E-state index contributed by atoms with van der Waals surface area (Å²) >= 11 is 5.93. The summed E-state index contributed by atoms with van der Waals surface area (Å²) in [6.45, 7) is 3.21. The highest BCUT2D eigenvalue weighted by Crippen LogP contribution is 2.36. The van der Waals surface area contributed by atoms with Crippen LogP contribution in [0.4, 0.5) is 5.69 Å². The number of anilines is 1. The number of nitrogens with one attached hydrogen (secondary N) is 1. The molecular formula is C26H32ClN5O7S2. The Bertz CT molecular complexity index is 1630. The van der Waals surface area contributed by atoms with E-state index < -0.39 is 44.0 Å². The van der Waals surface area contributed by atoms with Crippen LogP contribution < -0.4 is 9.46 Å². The lowest BCUT2D eigenvalue weighted by Gasteiger charge is -2.38. The Labute approximate surface area is 244 Å². The van der Waals surface area contributed by atoms with E-state index >= 15 is 0 Å². The van der Waals surface area contributed by atoms with E-state index in [1.807, 2.05) is 0 Å². The number of ether oxygens (including phenoxy) is 1. The van der Waals surface area contributed by atoms with Crippen molar-refractivity contribution in [3.63, 3.8) is 0 Å². The van der Waals surface area contributed by atoms with Crippen LogP contribution in [0.15, 0.2) is 64.9 Å².